The van der Waals surface area contributed by atoms with Crippen LogP contribution in [0.4, 0.5) is 0 Å². The minimum atomic E-state index is 1.01. The SMILES string of the molecule is CCCCc1ccc(Cc2cncs2)cc1. The van der Waals surface area contributed by atoms with E-state index in [2.05, 4.69) is 36.2 Å². The van der Waals surface area contributed by atoms with Crippen molar-refractivity contribution in [2.45, 2.75) is 32.6 Å². The van der Waals surface area contributed by atoms with E-state index < -0.39 is 0 Å². The lowest BCUT2D eigenvalue weighted by molar-refractivity contribution is 0.795. The minimum Gasteiger partial charge on any atom is -0.253 e. The van der Waals surface area contributed by atoms with Crippen LogP contribution in [-0.2, 0) is 12.8 Å². The van der Waals surface area contributed by atoms with Crippen LogP contribution in [0.2, 0.25) is 0 Å². The summed E-state index contributed by atoms with van der Waals surface area (Å²) in [5.41, 5.74) is 4.73. The molecule has 0 saturated carbocycles. The highest BCUT2D eigenvalue weighted by molar-refractivity contribution is 7.09. The summed E-state index contributed by atoms with van der Waals surface area (Å²) in [6.45, 7) is 2.23. The highest BCUT2D eigenvalue weighted by Gasteiger charge is 1.98. The predicted molar refractivity (Wildman–Crippen MR) is 70.0 cm³/mol. The molecular weight excluding hydrogens is 214 g/mol. The summed E-state index contributed by atoms with van der Waals surface area (Å²) in [7, 11) is 0. The number of aromatic nitrogens is 1. The quantitative estimate of drug-likeness (QED) is 0.755. The van der Waals surface area contributed by atoms with Crippen LogP contribution in [0, 0.1) is 0 Å². The fourth-order valence-corrected chi connectivity index (χ4v) is 2.36. The molecule has 0 atom stereocenters. The van der Waals surface area contributed by atoms with Crippen molar-refractivity contribution >= 4 is 11.3 Å². The molecule has 0 radical (unpaired) electrons. The third kappa shape index (κ3) is 3.17. The molecule has 1 aromatic carbocycles. The van der Waals surface area contributed by atoms with Crippen LogP contribution in [0.3, 0.4) is 0 Å². The zero-order valence-electron chi connectivity index (χ0n) is 9.65. The molecule has 0 spiro atoms. The molecule has 0 amide bonds. The first-order valence-electron chi connectivity index (χ1n) is 5.83. The number of hydrogen-bond donors (Lipinski definition) is 0. The summed E-state index contributed by atoms with van der Waals surface area (Å²) >= 11 is 1.72. The van der Waals surface area contributed by atoms with E-state index in [1.165, 1.54) is 35.3 Å². The average Bonchev–Trinajstić information content (AvgIpc) is 2.81. The first-order chi connectivity index (χ1) is 7.88. The van der Waals surface area contributed by atoms with Crippen LogP contribution >= 0.6 is 11.3 Å². The molecule has 0 aliphatic heterocycles. The van der Waals surface area contributed by atoms with E-state index in [4.69, 9.17) is 0 Å². The number of benzene rings is 1. The largest absolute Gasteiger partial charge is 0.253 e. The molecule has 0 bridgehead atoms. The van der Waals surface area contributed by atoms with Crippen molar-refractivity contribution in [3.63, 3.8) is 0 Å². The number of unbranched alkanes of at least 4 members (excludes halogenated alkanes) is 1. The monoisotopic (exact) mass is 231 g/mol. The zero-order valence-corrected chi connectivity index (χ0v) is 10.5. The van der Waals surface area contributed by atoms with Crippen molar-refractivity contribution in [1.29, 1.82) is 0 Å². The maximum absolute atomic E-state index is 4.09. The van der Waals surface area contributed by atoms with E-state index in [0.717, 1.165) is 6.42 Å². The van der Waals surface area contributed by atoms with E-state index in [0.29, 0.717) is 0 Å². The Morgan fingerprint density at radius 1 is 1.12 bits per heavy atom. The Hall–Kier alpha value is -1.15. The van der Waals surface area contributed by atoms with E-state index in [9.17, 15) is 0 Å². The Morgan fingerprint density at radius 2 is 1.88 bits per heavy atom. The Labute approximate surface area is 101 Å². The van der Waals surface area contributed by atoms with Crippen LogP contribution in [0.25, 0.3) is 0 Å². The van der Waals surface area contributed by atoms with E-state index in [-0.39, 0.29) is 0 Å². The molecule has 0 fully saturated rings. The van der Waals surface area contributed by atoms with Crippen molar-refractivity contribution in [2.24, 2.45) is 0 Å². The van der Waals surface area contributed by atoms with Gasteiger partial charge in [0.1, 0.15) is 0 Å². The lowest BCUT2D eigenvalue weighted by Crippen LogP contribution is -1.88. The van der Waals surface area contributed by atoms with Crippen molar-refractivity contribution < 1.29 is 0 Å². The van der Waals surface area contributed by atoms with Gasteiger partial charge >= 0.3 is 0 Å². The van der Waals surface area contributed by atoms with Crippen molar-refractivity contribution in [1.82, 2.24) is 4.98 Å². The van der Waals surface area contributed by atoms with Gasteiger partial charge in [0.2, 0.25) is 0 Å². The number of aryl methyl sites for hydroxylation is 1. The van der Waals surface area contributed by atoms with Gasteiger partial charge in [-0.05, 0) is 24.0 Å². The van der Waals surface area contributed by atoms with Crippen LogP contribution in [0.15, 0.2) is 36.0 Å². The van der Waals surface area contributed by atoms with Gasteiger partial charge in [-0.3, -0.25) is 4.98 Å². The van der Waals surface area contributed by atoms with Crippen molar-refractivity contribution in [2.75, 3.05) is 0 Å². The second-order valence-corrected chi connectivity index (χ2v) is 5.04. The van der Waals surface area contributed by atoms with Crippen molar-refractivity contribution in [3.8, 4) is 0 Å². The Bertz CT molecular complexity index is 403. The van der Waals surface area contributed by atoms with Crippen LogP contribution in [0.5, 0.6) is 0 Å². The Morgan fingerprint density at radius 3 is 2.50 bits per heavy atom. The molecular formula is C14H17NS. The van der Waals surface area contributed by atoms with Crippen LogP contribution in [0.1, 0.15) is 35.8 Å². The van der Waals surface area contributed by atoms with Gasteiger partial charge in [-0.25, -0.2) is 0 Å². The van der Waals surface area contributed by atoms with Crippen LogP contribution in [-0.4, -0.2) is 4.98 Å². The predicted octanol–water partition coefficient (Wildman–Crippen LogP) is 4.08. The number of nitrogens with zero attached hydrogens (tertiary/aromatic N) is 1. The molecule has 16 heavy (non-hydrogen) atoms. The standard InChI is InChI=1S/C14H17NS/c1-2-3-4-12-5-7-13(8-6-12)9-14-10-15-11-16-14/h5-8,10-11H,2-4,9H2,1H3. The normalized spacial score (nSPS) is 10.6. The third-order valence-corrected chi connectivity index (χ3v) is 3.48. The Kier molecular flexibility index (Phi) is 4.11. The number of hydrogen-bond acceptors (Lipinski definition) is 2. The van der Waals surface area contributed by atoms with Crippen LogP contribution < -0.4 is 0 Å². The average molecular weight is 231 g/mol. The van der Waals surface area contributed by atoms with Gasteiger partial charge in [-0.1, -0.05) is 37.6 Å². The van der Waals surface area contributed by atoms with Gasteiger partial charge in [0.15, 0.2) is 0 Å². The van der Waals surface area contributed by atoms with E-state index >= 15 is 0 Å². The molecule has 2 aromatic rings. The maximum atomic E-state index is 4.09. The molecule has 0 unspecified atom stereocenters. The molecule has 1 aromatic heterocycles. The summed E-state index contributed by atoms with van der Waals surface area (Å²) in [5.74, 6) is 0. The molecule has 0 aliphatic carbocycles. The molecule has 0 saturated heterocycles. The second kappa shape index (κ2) is 5.80. The van der Waals surface area contributed by atoms with Gasteiger partial charge in [0.25, 0.3) is 0 Å². The maximum Gasteiger partial charge on any atom is 0.0794 e. The van der Waals surface area contributed by atoms with Gasteiger partial charge < -0.3 is 0 Å². The van der Waals surface area contributed by atoms with Gasteiger partial charge in [0.05, 0.1) is 5.51 Å². The summed E-state index contributed by atoms with van der Waals surface area (Å²) in [6.07, 6.45) is 6.72. The summed E-state index contributed by atoms with van der Waals surface area (Å²) in [5, 5.41) is 0. The fourth-order valence-electron chi connectivity index (χ4n) is 1.74. The third-order valence-electron chi connectivity index (χ3n) is 2.70. The Balaban J connectivity index is 1.96. The second-order valence-electron chi connectivity index (χ2n) is 4.06. The molecule has 1 heterocycles. The fraction of sp³-hybridized carbons (Fsp3) is 0.357. The highest BCUT2D eigenvalue weighted by Crippen LogP contribution is 2.14. The van der Waals surface area contributed by atoms with Gasteiger partial charge in [0, 0.05) is 17.5 Å². The van der Waals surface area contributed by atoms with Gasteiger partial charge in [-0.15, -0.1) is 11.3 Å². The minimum absolute atomic E-state index is 1.01. The van der Waals surface area contributed by atoms with E-state index in [1.54, 1.807) is 11.3 Å². The number of rotatable bonds is 5. The lowest BCUT2D eigenvalue weighted by atomic mass is 10.0. The topological polar surface area (TPSA) is 12.9 Å². The molecule has 1 nitrogen and oxygen atoms in total. The van der Waals surface area contributed by atoms with Crippen molar-refractivity contribution in [3.05, 3.63) is 52.0 Å². The summed E-state index contributed by atoms with van der Waals surface area (Å²) < 4.78 is 0. The molecule has 84 valence electrons. The zero-order chi connectivity index (χ0) is 11.2. The van der Waals surface area contributed by atoms with Gasteiger partial charge in [-0.2, -0.15) is 0 Å². The molecule has 2 rings (SSSR count). The molecule has 0 aliphatic rings. The highest BCUT2D eigenvalue weighted by atomic mass is 32.1. The lowest BCUT2D eigenvalue weighted by Gasteiger charge is -2.02. The first kappa shape index (κ1) is 11.3. The first-order valence-corrected chi connectivity index (χ1v) is 6.71. The summed E-state index contributed by atoms with van der Waals surface area (Å²) in [6, 6.07) is 8.99. The molecule has 0 N–H and O–H groups in total. The summed E-state index contributed by atoms with van der Waals surface area (Å²) in [4.78, 5) is 5.43. The smallest absolute Gasteiger partial charge is 0.0794 e. The van der Waals surface area contributed by atoms with E-state index in [1.807, 2.05) is 11.7 Å². The molecule has 2 heteroatoms. The number of thiazole rings is 1.